The molecule has 0 radical (unpaired) electrons. The van der Waals surface area contributed by atoms with E-state index in [-0.39, 0.29) is 18.3 Å². The standard InChI is InChI=1S/C25H25F2N3O/c1-28-12-13-30(25(31)17-2-6-22(26)7-3-17)16-21-15-18(4-8-23(21)27)19-5-9-24-20(14-19)10-11-29-24/h2-9,14-15,28-29H,10-13,16H2,1H3. The maximum absolute atomic E-state index is 14.7. The van der Waals surface area contributed by atoms with Crippen LogP contribution in [0.25, 0.3) is 11.1 Å². The largest absolute Gasteiger partial charge is 0.384 e. The van der Waals surface area contributed by atoms with Crippen molar-refractivity contribution < 1.29 is 13.6 Å². The molecule has 1 aliphatic heterocycles. The van der Waals surface area contributed by atoms with Crippen molar-refractivity contribution in [1.29, 1.82) is 0 Å². The van der Waals surface area contributed by atoms with Crippen LogP contribution in [0.3, 0.4) is 0 Å². The van der Waals surface area contributed by atoms with Gasteiger partial charge in [-0.1, -0.05) is 12.1 Å². The lowest BCUT2D eigenvalue weighted by Crippen LogP contribution is -2.36. The Morgan fingerprint density at radius 1 is 1.03 bits per heavy atom. The monoisotopic (exact) mass is 421 g/mol. The maximum Gasteiger partial charge on any atom is 0.254 e. The number of fused-ring (bicyclic) bond motifs is 1. The van der Waals surface area contributed by atoms with Gasteiger partial charge in [0, 0.05) is 43.0 Å². The number of amides is 1. The summed E-state index contributed by atoms with van der Waals surface area (Å²) in [6, 6.07) is 16.7. The van der Waals surface area contributed by atoms with Crippen molar-refractivity contribution in [2.45, 2.75) is 13.0 Å². The molecule has 0 spiro atoms. The number of likely N-dealkylation sites (N-methyl/N-ethyl adjacent to an activating group) is 1. The summed E-state index contributed by atoms with van der Waals surface area (Å²) >= 11 is 0. The van der Waals surface area contributed by atoms with Crippen LogP contribution in [0.15, 0.2) is 60.7 Å². The first-order valence-electron chi connectivity index (χ1n) is 10.4. The molecule has 2 N–H and O–H groups in total. The molecule has 0 atom stereocenters. The zero-order valence-electron chi connectivity index (χ0n) is 17.4. The highest BCUT2D eigenvalue weighted by Gasteiger charge is 2.19. The number of halogens is 2. The average molecular weight is 421 g/mol. The summed E-state index contributed by atoms with van der Waals surface area (Å²) in [7, 11) is 1.80. The fourth-order valence-electron chi connectivity index (χ4n) is 3.84. The lowest BCUT2D eigenvalue weighted by molar-refractivity contribution is 0.0744. The van der Waals surface area contributed by atoms with Crippen molar-refractivity contribution in [3.05, 3.63) is 89.0 Å². The van der Waals surface area contributed by atoms with Gasteiger partial charge in [0.05, 0.1) is 0 Å². The fraction of sp³-hybridized carbons (Fsp3) is 0.240. The number of benzene rings is 3. The molecule has 3 aromatic rings. The zero-order valence-corrected chi connectivity index (χ0v) is 17.4. The van der Waals surface area contributed by atoms with Gasteiger partial charge < -0.3 is 15.5 Å². The second-order valence-corrected chi connectivity index (χ2v) is 7.69. The van der Waals surface area contributed by atoms with E-state index in [0.717, 1.165) is 29.8 Å². The molecule has 0 aliphatic carbocycles. The van der Waals surface area contributed by atoms with E-state index in [2.05, 4.69) is 22.8 Å². The van der Waals surface area contributed by atoms with Crippen molar-refractivity contribution in [2.75, 3.05) is 32.0 Å². The van der Waals surface area contributed by atoms with Gasteiger partial charge in [0.2, 0.25) is 0 Å². The van der Waals surface area contributed by atoms with Crippen LogP contribution in [0, 0.1) is 11.6 Å². The van der Waals surface area contributed by atoms with Crippen molar-refractivity contribution >= 4 is 11.6 Å². The van der Waals surface area contributed by atoms with E-state index in [9.17, 15) is 13.6 Å². The van der Waals surface area contributed by atoms with E-state index in [1.54, 1.807) is 18.0 Å². The van der Waals surface area contributed by atoms with Gasteiger partial charge in [0.15, 0.2) is 0 Å². The Bertz CT molecular complexity index is 1080. The zero-order chi connectivity index (χ0) is 21.8. The number of carbonyl (C=O) groups is 1. The fourth-order valence-corrected chi connectivity index (χ4v) is 3.84. The van der Waals surface area contributed by atoms with Gasteiger partial charge in [-0.25, -0.2) is 8.78 Å². The molecule has 0 saturated heterocycles. The normalized spacial score (nSPS) is 12.4. The second kappa shape index (κ2) is 9.27. The Morgan fingerprint density at radius 3 is 2.55 bits per heavy atom. The van der Waals surface area contributed by atoms with Gasteiger partial charge in [-0.05, 0) is 78.7 Å². The quantitative estimate of drug-likeness (QED) is 0.592. The maximum atomic E-state index is 14.7. The summed E-state index contributed by atoms with van der Waals surface area (Å²) in [5.41, 5.74) is 5.16. The molecule has 6 heteroatoms. The third-order valence-corrected chi connectivity index (χ3v) is 5.57. The molecule has 0 aromatic heterocycles. The topological polar surface area (TPSA) is 44.4 Å². The van der Waals surface area contributed by atoms with E-state index in [4.69, 9.17) is 0 Å². The third-order valence-electron chi connectivity index (χ3n) is 5.57. The summed E-state index contributed by atoms with van der Waals surface area (Å²) in [5, 5.41) is 6.36. The van der Waals surface area contributed by atoms with Crippen LogP contribution in [0.1, 0.15) is 21.5 Å². The average Bonchev–Trinajstić information content (AvgIpc) is 3.26. The smallest absolute Gasteiger partial charge is 0.254 e. The van der Waals surface area contributed by atoms with E-state index in [1.165, 1.54) is 35.9 Å². The Labute approximate surface area is 180 Å². The molecule has 3 aromatic carbocycles. The minimum atomic E-state index is -0.401. The highest BCUT2D eigenvalue weighted by molar-refractivity contribution is 5.94. The summed E-state index contributed by atoms with van der Waals surface area (Å²) in [6.07, 6.45) is 0.973. The molecule has 0 bridgehead atoms. The number of nitrogens with one attached hydrogen (secondary N) is 2. The Kier molecular flexibility index (Phi) is 6.28. The molecule has 1 aliphatic rings. The Hall–Kier alpha value is -3.25. The number of hydrogen-bond acceptors (Lipinski definition) is 3. The number of nitrogens with zero attached hydrogens (tertiary/aromatic N) is 1. The van der Waals surface area contributed by atoms with E-state index < -0.39 is 5.82 Å². The summed E-state index contributed by atoms with van der Waals surface area (Å²) in [5.74, 6) is -1.02. The highest BCUT2D eigenvalue weighted by Crippen LogP contribution is 2.30. The molecule has 31 heavy (non-hydrogen) atoms. The van der Waals surface area contributed by atoms with Crippen LogP contribution in [-0.2, 0) is 13.0 Å². The minimum Gasteiger partial charge on any atom is -0.384 e. The Balaban J connectivity index is 1.61. The van der Waals surface area contributed by atoms with Crippen molar-refractivity contribution in [3.63, 3.8) is 0 Å². The molecule has 0 fully saturated rings. The van der Waals surface area contributed by atoms with Gasteiger partial charge in [-0.2, -0.15) is 0 Å². The molecular weight excluding hydrogens is 396 g/mol. The van der Waals surface area contributed by atoms with Crippen LogP contribution in [0.5, 0.6) is 0 Å². The second-order valence-electron chi connectivity index (χ2n) is 7.69. The summed E-state index contributed by atoms with van der Waals surface area (Å²) in [4.78, 5) is 14.6. The van der Waals surface area contributed by atoms with Crippen LogP contribution in [0.2, 0.25) is 0 Å². The number of rotatable bonds is 7. The van der Waals surface area contributed by atoms with Crippen LogP contribution in [0.4, 0.5) is 14.5 Å². The summed E-state index contributed by atoms with van der Waals surface area (Å²) < 4.78 is 27.9. The van der Waals surface area contributed by atoms with E-state index in [1.807, 2.05) is 12.1 Å². The van der Waals surface area contributed by atoms with Crippen LogP contribution < -0.4 is 10.6 Å². The lowest BCUT2D eigenvalue weighted by Gasteiger charge is -2.23. The van der Waals surface area contributed by atoms with Crippen molar-refractivity contribution in [3.8, 4) is 11.1 Å². The summed E-state index contributed by atoms with van der Waals surface area (Å²) in [6.45, 7) is 2.02. The van der Waals surface area contributed by atoms with Crippen LogP contribution in [-0.4, -0.2) is 37.5 Å². The molecule has 4 nitrogen and oxygen atoms in total. The van der Waals surface area contributed by atoms with Crippen LogP contribution >= 0.6 is 0 Å². The van der Waals surface area contributed by atoms with Gasteiger partial charge in [-0.3, -0.25) is 4.79 Å². The molecule has 0 unspecified atom stereocenters. The van der Waals surface area contributed by atoms with E-state index in [0.29, 0.717) is 24.2 Å². The predicted octanol–water partition coefficient (Wildman–Crippen LogP) is 4.46. The molecule has 0 saturated carbocycles. The number of anilines is 1. The van der Waals surface area contributed by atoms with Gasteiger partial charge in [0.25, 0.3) is 5.91 Å². The number of carbonyl (C=O) groups excluding carboxylic acids is 1. The van der Waals surface area contributed by atoms with Crippen molar-refractivity contribution in [2.24, 2.45) is 0 Å². The molecule has 1 heterocycles. The Morgan fingerprint density at radius 2 is 1.77 bits per heavy atom. The molecule has 4 rings (SSSR count). The number of hydrogen-bond donors (Lipinski definition) is 2. The first kappa shape index (κ1) is 21.0. The first-order chi connectivity index (χ1) is 15.0. The predicted molar refractivity (Wildman–Crippen MR) is 119 cm³/mol. The minimum absolute atomic E-state index is 0.129. The van der Waals surface area contributed by atoms with Crippen molar-refractivity contribution in [1.82, 2.24) is 10.2 Å². The molecular formula is C25H25F2N3O. The van der Waals surface area contributed by atoms with E-state index >= 15 is 0 Å². The van der Waals surface area contributed by atoms with Gasteiger partial charge >= 0.3 is 0 Å². The van der Waals surface area contributed by atoms with Gasteiger partial charge in [-0.15, -0.1) is 0 Å². The third kappa shape index (κ3) is 4.75. The van der Waals surface area contributed by atoms with Gasteiger partial charge in [0.1, 0.15) is 11.6 Å². The lowest BCUT2D eigenvalue weighted by atomic mass is 9.99. The highest BCUT2D eigenvalue weighted by atomic mass is 19.1. The first-order valence-corrected chi connectivity index (χ1v) is 10.4. The SMILES string of the molecule is CNCCN(Cc1cc(-c2ccc3c(c2)CCN3)ccc1F)C(=O)c1ccc(F)cc1. The molecule has 160 valence electrons. The molecule has 1 amide bonds.